The van der Waals surface area contributed by atoms with Gasteiger partial charge >= 0.3 is 39.3 Å². The first-order valence-corrected chi connectivity index (χ1v) is 13.3. The van der Waals surface area contributed by atoms with Gasteiger partial charge in [0.1, 0.15) is 5.75 Å². The molecule has 4 rings (SSSR count). The topological polar surface area (TPSA) is 200 Å². The van der Waals surface area contributed by atoms with E-state index >= 15 is 0 Å². The second-order valence-corrected chi connectivity index (χ2v) is 10.3. The van der Waals surface area contributed by atoms with Gasteiger partial charge in [0.2, 0.25) is 0 Å². The summed E-state index contributed by atoms with van der Waals surface area (Å²) in [6.07, 6.45) is 0. The van der Waals surface area contributed by atoms with E-state index in [-0.39, 0.29) is 42.5 Å². The summed E-state index contributed by atoms with van der Waals surface area (Å²) in [4.78, 5) is 38.2. The molecule has 0 aliphatic rings. The van der Waals surface area contributed by atoms with Crippen LogP contribution in [0.4, 0.5) is 0 Å². The molecule has 0 saturated carbocycles. The maximum Gasteiger partial charge on any atom is 0.499 e. The van der Waals surface area contributed by atoms with Crippen molar-refractivity contribution in [2.45, 2.75) is 0 Å². The molecule has 0 saturated heterocycles. The fraction of sp³-hybridized carbons (Fsp3) is 0. The normalized spacial score (nSPS) is 10.6. The zero-order chi connectivity index (χ0) is 28.3. The average Bonchev–Trinajstić information content (AvgIpc) is 3.65. The summed E-state index contributed by atoms with van der Waals surface area (Å²) in [6, 6.07) is 7.33. The Morgan fingerprint density at radius 1 is 0.538 bits per heavy atom. The van der Waals surface area contributed by atoms with Crippen molar-refractivity contribution in [3.8, 4) is 17.2 Å². The van der Waals surface area contributed by atoms with Crippen molar-refractivity contribution in [3.05, 3.63) is 69.2 Å². The van der Waals surface area contributed by atoms with Crippen molar-refractivity contribution in [2.24, 2.45) is 0 Å². The number of benzene rings is 1. The Hall–Kier alpha value is -3.32. The second-order valence-electron chi connectivity index (χ2n) is 7.49. The van der Waals surface area contributed by atoms with Gasteiger partial charge in [0.05, 0.1) is 16.7 Å². The van der Waals surface area contributed by atoms with Crippen LogP contribution >= 0.6 is 34.0 Å². The molecule has 6 N–H and O–H groups in total. The Bertz CT molecular complexity index is 1510. The predicted octanol–water partition coefficient (Wildman–Crippen LogP) is -1.43. The fourth-order valence-electron chi connectivity index (χ4n) is 3.26. The van der Waals surface area contributed by atoms with Crippen LogP contribution in [0.1, 0.15) is 31.1 Å². The Labute approximate surface area is 232 Å². The molecular weight excluding hydrogens is 573 g/mol. The van der Waals surface area contributed by atoms with Crippen LogP contribution in [0.15, 0.2) is 52.5 Å². The second kappa shape index (κ2) is 12.2. The Balaban J connectivity index is 1.66. The summed E-state index contributed by atoms with van der Waals surface area (Å²) in [6.45, 7) is 0. The van der Waals surface area contributed by atoms with Crippen LogP contribution in [-0.4, -0.2) is 69.4 Å². The van der Waals surface area contributed by atoms with Gasteiger partial charge in [-0.3, -0.25) is 0 Å². The van der Waals surface area contributed by atoms with E-state index in [0.717, 1.165) is 46.1 Å². The number of carbonyl (C=O) groups excluding carboxylic acids is 3. The molecule has 0 spiro atoms. The first-order chi connectivity index (χ1) is 18.6. The van der Waals surface area contributed by atoms with Gasteiger partial charge in [0, 0.05) is 20.4 Å². The molecule has 3 aromatic heterocycles. The summed E-state index contributed by atoms with van der Waals surface area (Å²) in [5.41, 5.74) is -0.451. The van der Waals surface area contributed by atoms with Gasteiger partial charge in [-0.2, -0.15) is 34.0 Å². The van der Waals surface area contributed by atoms with E-state index in [9.17, 15) is 44.5 Å². The molecule has 0 radical (unpaired) electrons. The molecular formula is C21H15B3O12S3. The predicted molar refractivity (Wildman–Crippen MR) is 144 cm³/mol. The van der Waals surface area contributed by atoms with E-state index in [0.29, 0.717) is 0 Å². The van der Waals surface area contributed by atoms with Gasteiger partial charge in [-0.1, -0.05) is 0 Å². The summed E-state index contributed by atoms with van der Waals surface area (Å²) >= 11 is 2.71. The molecule has 1 aromatic carbocycles. The maximum atomic E-state index is 12.8. The number of carbonyl (C=O) groups is 3. The summed E-state index contributed by atoms with van der Waals surface area (Å²) in [5, 5.41) is 61.2. The van der Waals surface area contributed by atoms with E-state index in [1.165, 1.54) is 40.4 Å². The molecule has 0 bridgehead atoms. The number of hydrogen-bond donors (Lipinski definition) is 6. The molecule has 0 atom stereocenters. The zero-order valence-corrected chi connectivity index (χ0v) is 21.7. The van der Waals surface area contributed by atoms with E-state index in [1.807, 2.05) is 0 Å². The first-order valence-electron chi connectivity index (χ1n) is 10.7. The molecule has 0 fully saturated rings. The monoisotopic (exact) mass is 588 g/mol. The van der Waals surface area contributed by atoms with Crippen LogP contribution in [0.5, 0.6) is 17.2 Å². The van der Waals surface area contributed by atoms with Crippen molar-refractivity contribution >= 4 is 87.6 Å². The van der Waals surface area contributed by atoms with Gasteiger partial charge in [0.15, 0.2) is 11.5 Å². The van der Waals surface area contributed by atoms with E-state index < -0.39 is 45.0 Å². The number of ether oxygens (including phenoxy) is 3. The maximum absolute atomic E-state index is 12.8. The minimum absolute atomic E-state index is 0.0533. The lowest BCUT2D eigenvalue weighted by Crippen LogP contribution is -2.33. The highest BCUT2D eigenvalue weighted by atomic mass is 32.1. The molecule has 3 heterocycles. The lowest BCUT2D eigenvalue weighted by atomic mass is 9.86. The van der Waals surface area contributed by atoms with Crippen LogP contribution in [0.25, 0.3) is 0 Å². The quantitative estimate of drug-likeness (QED) is 0.0758. The first kappa shape index (κ1) is 28.7. The third kappa shape index (κ3) is 6.47. The van der Waals surface area contributed by atoms with E-state index in [1.54, 1.807) is 0 Å². The molecule has 4 aromatic rings. The van der Waals surface area contributed by atoms with Gasteiger partial charge in [-0.05, 0) is 46.5 Å². The van der Waals surface area contributed by atoms with E-state index in [2.05, 4.69) is 0 Å². The molecule has 198 valence electrons. The van der Waals surface area contributed by atoms with Crippen LogP contribution < -0.4 is 28.5 Å². The molecule has 0 aliphatic heterocycles. The highest BCUT2D eigenvalue weighted by molar-refractivity contribution is 7.21. The van der Waals surface area contributed by atoms with Crippen molar-refractivity contribution in [1.82, 2.24) is 0 Å². The van der Waals surface area contributed by atoms with E-state index in [4.69, 9.17) is 14.2 Å². The Morgan fingerprint density at radius 3 is 1.33 bits per heavy atom. The molecule has 0 unspecified atom stereocenters. The van der Waals surface area contributed by atoms with Crippen LogP contribution in [0.2, 0.25) is 0 Å². The lowest BCUT2D eigenvalue weighted by molar-refractivity contribution is 0.0680. The zero-order valence-electron chi connectivity index (χ0n) is 19.3. The lowest BCUT2D eigenvalue weighted by Gasteiger charge is -2.13. The third-order valence-electron chi connectivity index (χ3n) is 4.98. The van der Waals surface area contributed by atoms with Crippen LogP contribution in [0, 0.1) is 0 Å². The van der Waals surface area contributed by atoms with Crippen molar-refractivity contribution in [1.29, 1.82) is 0 Å². The standard InChI is InChI=1S/C21H15B3O12S3/c25-19(11-3-6-37-16(11)22(28)29)34-10-1-2-14(35-20(26)12-4-7-38-17(12)23(30)31)15(9-10)36-21(27)13-5-8-39-18(13)24(32)33/h1-9,28-33H. The highest BCUT2D eigenvalue weighted by Crippen LogP contribution is 2.33. The summed E-state index contributed by atoms with van der Waals surface area (Å²) < 4.78 is 15.7. The Kier molecular flexibility index (Phi) is 9.01. The highest BCUT2D eigenvalue weighted by Gasteiger charge is 2.28. The van der Waals surface area contributed by atoms with Crippen molar-refractivity contribution in [3.63, 3.8) is 0 Å². The Morgan fingerprint density at radius 2 is 0.923 bits per heavy atom. The SMILES string of the molecule is O=C(Oc1ccc(OC(=O)c2ccsc2B(O)O)c(OC(=O)c2ccsc2B(O)O)c1)c1ccsc1B(O)O. The summed E-state index contributed by atoms with van der Waals surface area (Å²) in [7, 11) is -5.80. The minimum Gasteiger partial charge on any atom is -0.423 e. The smallest absolute Gasteiger partial charge is 0.423 e. The summed E-state index contributed by atoms with van der Waals surface area (Å²) in [5.74, 6) is -3.92. The number of thiophene rings is 3. The third-order valence-corrected chi connectivity index (χ3v) is 7.85. The molecule has 0 aliphatic carbocycles. The minimum atomic E-state index is -1.96. The number of hydrogen-bond acceptors (Lipinski definition) is 15. The molecule has 39 heavy (non-hydrogen) atoms. The number of esters is 3. The number of rotatable bonds is 9. The van der Waals surface area contributed by atoms with Crippen LogP contribution in [0.3, 0.4) is 0 Å². The average molecular weight is 588 g/mol. The van der Waals surface area contributed by atoms with Crippen LogP contribution in [-0.2, 0) is 0 Å². The molecule has 12 nitrogen and oxygen atoms in total. The van der Waals surface area contributed by atoms with Crippen molar-refractivity contribution < 1.29 is 58.7 Å². The van der Waals surface area contributed by atoms with Crippen molar-refractivity contribution in [2.75, 3.05) is 0 Å². The van der Waals surface area contributed by atoms with Gasteiger partial charge < -0.3 is 44.4 Å². The largest absolute Gasteiger partial charge is 0.499 e. The molecule has 0 amide bonds. The van der Waals surface area contributed by atoms with Gasteiger partial charge in [-0.15, -0.1) is 0 Å². The van der Waals surface area contributed by atoms with Gasteiger partial charge in [-0.25, -0.2) is 14.4 Å². The van der Waals surface area contributed by atoms with Gasteiger partial charge in [0.25, 0.3) is 0 Å². The molecule has 18 heteroatoms. The fourth-order valence-corrected chi connectivity index (χ4v) is 5.51.